The van der Waals surface area contributed by atoms with E-state index < -0.39 is 23.5 Å². The molecular formula is C17H19F5N6. The molecular weight excluding hydrogens is 383 g/mol. The number of hydrogen-bond acceptors (Lipinski definition) is 4. The van der Waals surface area contributed by atoms with Gasteiger partial charge < -0.3 is 16.0 Å². The zero-order valence-corrected chi connectivity index (χ0v) is 14.9. The van der Waals surface area contributed by atoms with Crippen molar-refractivity contribution < 1.29 is 22.0 Å². The van der Waals surface area contributed by atoms with Crippen molar-refractivity contribution in [2.75, 3.05) is 25.0 Å². The molecule has 6 nitrogen and oxygen atoms in total. The van der Waals surface area contributed by atoms with Gasteiger partial charge in [0.15, 0.2) is 5.96 Å². The number of halogens is 5. The van der Waals surface area contributed by atoms with Gasteiger partial charge in [0.25, 0.3) is 0 Å². The van der Waals surface area contributed by atoms with Gasteiger partial charge in [-0.2, -0.15) is 13.2 Å². The average molecular weight is 402 g/mol. The van der Waals surface area contributed by atoms with Gasteiger partial charge in [0, 0.05) is 31.4 Å². The molecule has 0 saturated carbocycles. The molecule has 1 heterocycles. The Hall–Kier alpha value is -2.98. The van der Waals surface area contributed by atoms with Crippen LogP contribution in [-0.4, -0.2) is 35.6 Å². The zero-order chi connectivity index (χ0) is 20.6. The van der Waals surface area contributed by atoms with Crippen LogP contribution >= 0.6 is 0 Å². The highest BCUT2D eigenvalue weighted by Gasteiger charge is 2.32. The van der Waals surface area contributed by atoms with Crippen molar-refractivity contribution in [2.24, 2.45) is 4.99 Å². The molecule has 1 aromatic carbocycles. The summed E-state index contributed by atoms with van der Waals surface area (Å²) < 4.78 is 64.7. The maximum absolute atomic E-state index is 13.6. The summed E-state index contributed by atoms with van der Waals surface area (Å²) in [6.45, 7) is 2.76. The summed E-state index contributed by atoms with van der Waals surface area (Å²) in [6, 6.07) is 3.90. The predicted molar refractivity (Wildman–Crippen MR) is 94.7 cm³/mol. The molecule has 0 amide bonds. The van der Waals surface area contributed by atoms with E-state index in [1.54, 1.807) is 0 Å². The quantitative estimate of drug-likeness (QED) is 0.287. The Morgan fingerprint density at radius 3 is 2.61 bits per heavy atom. The average Bonchev–Trinajstić information content (AvgIpc) is 2.65. The molecule has 0 atom stereocenters. The Morgan fingerprint density at radius 2 is 1.89 bits per heavy atom. The smallest absolute Gasteiger partial charge is 0.357 e. The van der Waals surface area contributed by atoms with Crippen molar-refractivity contribution in [3.8, 4) is 0 Å². The van der Waals surface area contributed by atoms with Crippen molar-refractivity contribution in [3.63, 3.8) is 0 Å². The Labute approximate surface area is 158 Å². The third-order valence-corrected chi connectivity index (χ3v) is 3.41. The molecule has 2 rings (SSSR count). The molecule has 2 aromatic rings. The predicted octanol–water partition coefficient (Wildman–Crippen LogP) is 2.94. The third-order valence-electron chi connectivity index (χ3n) is 3.41. The number of rotatable bonds is 7. The van der Waals surface area contributed by atoms with Gasteiger partial charge in [-0.15, -0.1) is 0 Å². The SMILES string of the molecule is CCNC(=NCc1cc(F)ccc1F)NCCNc1nccc(C(F)(F)F)n1. The van der Waals surface area contributed by atoms with Crippen LogP contribution < -0.4 is 16.0 Å². The molecule has 3 N–H and O–H groups in total. The number of alkyl halides is 3. The number of benzene rings is 1. The van der Waals surface area contributed by atoms with Crippen molar-refractivity contribution in [2.45, 2.75) is 19.6 Å². The number of anilines is 1. The molecule has 0 aliphatic heterocycles. The summed E-state index contributed by atoms with van der Waals surface area (Å²) >= 11 is 0. The minimum Gasteiger partial charge on any atom is -0.357 e. The monoisotopic (exact) mass is 402 g/mol. The first-order valence-electron chi connectivity index (χ1n) is 8.40. The molecule has 0 aliphatic carbocycles. The molecule has 0 aliphatic rings. The molecule has 0 unspecified atom stereocenters. The maximum atomic E-state index is 13.6. The van der Waals surface area contributed by atoms with Gasteiger partial charge in [0.1, 0.15) is 17.3 Å². The molecule has 0 saturated heterocycles. The highest BCUT2D eigenvalue weighted by molar-refractivity contribution is 5.79. The Morgan fingerprint density at radius 1 is 1.11 bits per heavy atom. The summed E-state index contributed by atoms with van der Waals surface area (Å²) in [5.41, 5.74) is -0.933. The molecule has 11 heteroatoms. The van der Waals surface area contributed by atoms with Gasteiger partial charge in [-0.3, -0.25) is 0 Å². The molecule has 0 radical (unpaired) electrons. The van der Waals surface area contributed by atoms with Gasteiger partial charge in [-0.25, -0.2) is 23.7 Å². The second-order valence-corrected chi connectivity index (χ2v) is 5.55. The van der Waals surface area contributed by atoms with Crippen LogP contribution in [0.5, 0.6) is 0 Å². The number of hydrogen-bond donors (Lipinski definition) is 3. The molecule has 0 fully saturated rings. The number of aromatic nitrogens is 2. The number of nitrogens with zero attached hydrogens (tertiary/aromatic N) is 3. The minimum atomic E-state index is -4.55. The number of guanidine groups is 1. The van der Waals surface area contributed by atoms with Crippen molar-refractivity contribution in [1.29, 1.82) is 0 Å². The lowest BCUT2D eigenvalue weighted by Crippen LogP contribution is -2.39. The van der Waals surface area contributed by atoms with Crippen LogP contribution in [0.15, 0.2) is 35.5 Å². The van der Waals surface area contributed by atoms with E-state index in [1.165, 1.54) is 0 Å². The Bertz CT molecular complexity index is 809. The first-order chi connectivity index (χ1) is 13.3. The van der Waals surface area contributed by atoms with Crippen LogP contribution in [0.25, 0.3) is 0 Å². The van der Waals surface area contributed by atoms with Gasteiger partial charge >= 0.3 is 6.18 Å². The second-order valence-electron chi connectivity index (χ2n) is 5.55. The molecule has 1 aromatic heterocycles. The van der Waals surface area contributed by atoms with Crippen molar-refractivity contribution in [3.05, 3.63) is 53.4 Å². The largest absolute Gasteiger partial charge is 0.433 e. The summed E-state index contributed by atoms with van der Waals surface area (Å²) in [5.74, 6) is -0.933. The van der Waals surface area contributed by atoms with E-state index in [-0.39, 0.29) is 31.1 Å². The molecule has 152 valence electrons. The first kappa shape index (κ1) is 21.3. The lowest BCUT2D eigenvalue weighted by molar-refractivity contribution is -0.141. The van der Waals surface area contributed by atoms with E-state index in [9.17, 15) is 22.0 Å². The Balaban J connectivity index is 1.89. The highest BCUT2D eigenvalue weighted by atomic mass is 19.4. The third kappa shape index (κ3) is 6.63. The van der Waals surface area contributed by atoms with Crippen molar-refractivity contribution >= 4 is 11.9 Å². The summed E-state index contributed by atoms with van der Waals surface area (Å²) in [7, 11) is 0. The van der Waals surface area contributed by atoms with Crippen LogP contribution in [0.4, 0.5) is 27.9 Å². The van der Waals surface area contributed by atoms with Gasteiger partial charge in [-0.1, -0.05) is 0 Å². The van der Waals surface area contributed by atoms with Crippen molar-refractivity contribution in [1.82, 2.24) is 20.6 Å². The summed E-state index contributed by atoms with van der Waals surface area (Å²) in [4.78, 5) is 11.3. The molecule has 0 spiro atoms. The topological polar surface area (TPSA) is 74.2 Å². The fourth-order valence-corrected chi connectivity index (χ4v) is 2.13. The second kappa shape index (κ2) is 9.81. The zero-order valence-electron chi connectivity index (χ0n) is 14.9. The first-order valence-corrected chi connectivity index (χ1v) is 8.40. The van der Waals surface area contributed by atoms with Crippen LogP contribution in [0.1, 0.15) is 18.2 Å². The van der Waals surface area contributed by atoms with Crippen LogP contribution in [0.3, 0.4) is 0 Å². The molecule has 0 bridgehead atoms. The van der Waals surface area contributed by atoms with E-state index in [2.05, 4.69) is 30.9 Å². The minimum absolute atomic E-state index is 0.0803. The number of nitrogens with one attached hydrogen (secondary N) is 3. The van der Waals surface area contributed by atoms with Crippen LogP contribution in [0, 0.1) is 11.6 Å². The van der Waals surface area contributed by atoms with E-state index in [1.807, 2.05) is 6.92 Å². The lowest BCUT2D eigenvalue weighted by atomic mass is 10.2. The van der Waals surface area contributed by atoms with Crippen LogP contribution in [-0.2, 0) is 12.7 Å². The van der Waals surface area contributed by atoms with E-state index in [0.717, 1.165) is 30.5 Å². The lowest BCUT2D eigenvalue weighted by Gasteiger charge is -2.12. The van der Waals surface area contributed by atoms with E-state index >= 15 is 0 Å². The fourth-order valence-electron chi connectivity index (χ4n) is 2.13. The van der Waals surface area contributed by atoms with Gasteiger partial charge in [-0.05, 0) is 31.2 Å². The normalized spacial score (nSPS) is 12.0. The fraction of sp³-hybridized carbons (Fsp3) is 0.353. The van der Waals surface area contributed by atoms with E-state index in [4.69, 9.17) is 0 Å². The van der Waals surface area contributed by atoms with Gasteiger partial charge in [0.2, 0.25) is 5.95 Å². The van der Waals surface area contributed by atoms with Crippen LogP contribution in [0.2, 0.25) is 0 Å². The maximum Gasteiger partial charge on any atom is 0.433 e. The van der Waals surface area contributed by atoms with E-state index in [0.29, 0.717) is 12.5 Å². The molecule has 28 heavy (non-hydrogen) atoms. The standard InChI is InChI=1S/C17H19F5N6/c1-2-23-15(27-10-11-9-12(18)3-4-13(11)19)25-7-8-26-16-24-6-5-14(28-16)17(20,21)22/h3-6,9H,2,7-8,10H2,1H3,(H2,23,25,27)(H,24,26,28). The Kier molecular flexibility index (Phi) is 7.47. The summed E-state index contributed by atoms with van der Waals surface area (Å²) in [6.07, 6.45) is -3.53. The number of aliphatic imine (C=N–C) groups is 1. The highest BCUT2D eigenvalue weighted by Crippen LogP contribution is 2.27. The summed E-state index contributed by atoms with van der Waals surface area (Å²) in [5, 5.41) is 8.52. The van der Waals surface area contributed by atoms with Gasteiger partial charge in [0.05, 0.1) is 6.54 Å².